The van der Waals surface area contributed by atoms with Gasteiger partial charge in [-0.15, -0.1) is 11.8 Å². The number of hydrogen-bond acceptors (Lipinski definition) is 5. The van der Waals surface area contributed by atoms with E-state index >= 15 is 0 Å². The van der Waals surface area contributed by atoms with Gasteiger partial charge in [0.05, 0.1) is 18.0 Å². The molecule has 0 aliphatic carbocycles. The topological polar surface area (TPSA) is 96.5 Å². The van der Waals surface area contributed by atoms with Crippen molar-refractivity contribution in [2.24, 2.45) is 0 Å². The van der Waals surface area contributed by atoms with Crippen molar-refractivity contribution < 1.29 is 19.1 Å². The van der Waals surface area contributed by atoms with Crippen LogP contribution in [-0.4, -0.2) is 30.1 Å². The lowest BCUT2D eigenvalue weighted by atomic mass is 10.1. The van der Waals surface area contributed by atoms with Gasteiger partial charge in [0.15, 0.2) is 0 Å². The van der Waals surface area contributed by atoms with Crippen LogP contribution < -0.4 is 20.7 Å². The minimum Gasteiger partial charge on any atom is -0.495 e. The fraction of sp³-hybridized carbons (Fsp3) is 0.171. The number of methoxy groups -OCH3 is 1. The summed E-state index contributed by atoms with van der Waals surface area (Å²) in [6.07, 6.45) is 2.20. The van der Waals surface area contributed by atoms with Gasteiger partial charge in [0.25, 0.3) is 11.8 Å². The van der Waals surface area contributed by atoms with Crippen LogP contribution in [0.25, 0.3) is 6.08 Å². The summed E-state index contributed by atoms with van der Waals surface area (Å²) in [7, 11) is 1.52. The Morgan fingerprint density at radius 1 is 0.909 bits per heavy atom. The number of ether oxygens (including phenoxy) is 1. The smallest absolute Gasteiger partial charge is 0.272 e. The molecule has 4 rings (SSSR count). The van der Waals surface area contributed by atoms with Crippen molar-refractivity contribution in [3.8, 4) is 5.75 Å². The number of amides is 3. The monoisotopic (exact) mass is 627 g/mol. The van der Waals surface area contributed by atoms with Gasteiger partial charge in [-0.1, -0.05) is 72.6 Å². The summed E-state index contributed by atoms with van der Waals surface area (Å²) in [5.74, 6) is -0.578. The van der Waals surface area contributed by atoms with Gasteiger partial charge in [0.1, 0.15) is 11.4 Å². The molecule has 0 bridgehead atoms. The molecule has 4 aromatic carbocycles. The molecule has 7 nitrogen and oxygen atoms in total. The molecule has 1 atom stereocenters. The molecule has 0 aliphatic rings. The zero-order valence-electron chi connectivity index (χ0n) is 24.9. The number of carbonyl (C=O) groups excluding carboxylic acids is 3. The Morgan fingerprint density at radius 3 is 2.32 bits per heavy atom. The van der Waals surface area contributed by atoms with Crippen molar-refractivity contribution in [2.45, 2.75) is 37.3 Å². The van der Waals surface area contributed by atoms with Crippen molar-refractivity contribution in [1.29, 1.82) is 0 Å². The maximum atomic E-state index is 13.5. The van der Waals surface area contributed by atoms with Gasteiger partial charge < -0.3 is 20.7 Å². The van der Waals surface area contributed by atoms with E-state index in [1.165, 1.54) is 18.9 Å². The number of carbonyl (C=O) groups is 3. The third kappa shape index (κ3) is 8.75. The van der Waals surface area contributed by atoms with Crippen LogP contribution in [0.15, 0.2) is 102 Å². The third-order valence-electron chi connectivity index (χ3n) is 6.69. The van der Waals surface area contributed by atoms with Crippen LogP contribution in [0.5, 0.6) is 5.75 Å². The van der Waals surface area contributed by atoms with Crippen LogP contribution in [-0.2, 0) is 9.59 Å². The summed E-state index contributed by atoms with van der Waals surface area (Å²) < 4.78 is 5.40. The number of aryl methyl sites for hydroxylation is 2. The molecule has 3 N–H and O–H groups in total. The van der Waals surface area contributed by atoms with Crippen LogP contribution in [0.1, 0.15) is 40.4 Å². The number of anilines is 2. The van der Waals surface area contributed by atoms with Gasteiger partial charge >= 0.3 is 0 Å². The molecule has 0 spiro atoms. The Labute approximate surface area is 267 Å². The van der Waals surface area contributed by atoms with E-state index in [9.17, 15) is 14.4 Å². The van der Waals surface area contributed by atoms with Crippen LogP contribution in [0.2, 0.25) is 5.02 Å². The first-order valence-electron chi connectivity index (χ1n) is 14.0. The molecular weight excluding hydrogens is 594 g/mol. The maximum absolute atomic E-state index is 13.5. The summed E-state index contributed by atoms with van der Waals surface area (Å²) in [5.41, 5.74) is 4.27. The number of thioether (sulfide) groups is 1. The molecule has 0 aliphatic heterocycles. The largest absolute Gasteiger partial charge is 0.495 e. The van der Waals surface area contributed by atoms with Gasteiger partial charge in [0, 0.05) is 27.2 Å². The van der Waals surface area contributed by atoms with Crippen LogP contribution in [0.3, 0.4) is 0 Å². The zero-order valence-corrected chi connectivity index (χ0v) is 26.5. The Hall–Kier alpha value is -4.53. The van der Waals surface area contributed by atoms with Crippen molar-refractivity contribution >= 4 is 58.5 Å². The fourth-order valence-corrected chi connectivity index (χ4v) is 5.41. The summed E-state index contributed by atoms with van der Waals surface area (Å²) >= 11 is 7.60. The molecule has 0 radical (unpaired) electrons. The molecule has 3 amide bonds. The molecule has 0 saturated carbocycles. The molecule has 9 heteroatoms. The SMILES string of the molecule is CCC(Sc1cccc(NC(=O)/C(=C/c2ccc(C)cc2)NC(=O)c2ccccc2)c1)C(=O)Nc1cc(C)c(Cl)cc1OC. The lowest BCUT2D eigenvalue weighted by molar-refractivity contribution is -0.116. The number of nitrogens with one attached hydrogen (secondary N) is 3. The highest BCUT2D eigenvalue weighted by Gasteiger charge is 2.21. The van der Waals surface area contributed by atoms with Gasteiger partial charge in [-0.05, 0) is 73.9 Å². The summed E-state index contributed by atoms with van der Waals surface area (Å²) in [5, 5.41) is 8.75. The average molecular weight is 628 g/mol. The quantitative estimate of drug-likeness (QED) is 0.116. The summed E-state index contributed by atoms with van der Waals surface area (Å²) in [4.78, 5) is 40.5. The minimum atomic E-state index is -0.480. The predicted octanol–water partition coefficient (Wildman–Crippen LogP) is 7.88. The van der Waals surface area contributed by atoms with Crippen LogP contribution in [0, 0.1) is 13.8 Å². The van der Waals surface area contributed by atoms with E-state index in [-0.39, 0.29) is 11.6 Å². The summed E-state index contributed by atoms with van der Waals surface area (Å²) in [6.45, 7) is 5.77. The van der Waals surface area contributed by atoms with Crippen LogP contribution >= 0.6 is 23.4 Å². The highest BCUT2D eigenvalue weighted by atomic mass is 35.5. The minimum absolute atomic E-state index is 0.0961. The summed E-state index contributed by atoms with van der Waals surface area (Å²) in [6, 6.07) is 27.0. The molecular formula is C35H34ClN3O4S. The van der Waals surface area contributed by atoms with E-state index in [0.717, 1.165) is 21.6 Å². The maximum Gasteiger partial charge on any atom is 0.272 e. The van der Waals surface area contributed by atoms with Gasteiger partial charge in [-0.2, -0.15) is 0 Å². The van der Waals surface area contributed by atoms with E-state index in [1.807, 2.05) is 57.2 Å². The first kappa shape index (κ1) is 32.4. The predicted molar refractivity (Wildman–Crippen MR) is 179 cm³/mol. The molecule has 0 saturated heterocycles. The molecule has 1 unspecified atom stereocenters. The number of halogens is 1. The Balaban J connectivity index is 1.50. The first-order chi connectivity index (χ1) is 21.2. The zero-order chi connectivity index (χ0) is 31.6. The van der Waals surface area contributed by atoms with E-state index in [1.54, 1.807) is 60.7 Å². The second-order valence-electron chi connectivity index (χ2n) is 10.1. The Morgan fingerprint density at radius 2 is 1.64 bits per heavy atom. The normalized spacial score (nSPS) is 11.8. The van der Waals surface area contributed by atoms with Crippen molar-refractivity contribution in [2.75, 3.05) is 17.7 Å². The van der Waals surface area contributed by atoms with Crippen LogP contribution in [0.4, 0.5) is 11.4 Å². The molecule has 0 heterocycles. The Bertz CT molecular complexity index is 1670. The molecule has 226 valence electrons. The lowest BCUT2D eigenvalue weighted by Crippen LogP contribution is -2.30. The molecule has 44 heavy (non-hydrogen) atoms. The van der Waals surface area contributed by atoms with E-state index in [2.05, 4.69) is 16.0 Å². The number of rotatable bonds is 11. The van der Waals surface area contributed by atoms with E-state index < -0.39 is 17.1 Å². The number of benzene rings is 4. The van der Waals surface area contributed by atoms with Crippen molar-refractivity contribution in [3.05, 3.63) is 124 Å². The van der Waals surface area contributed by atoms with Gasteiger partial charge in [-0.25, -0.2) is 0 Å². The average Bonchev–Trinajstić information content (AvgIpc) is 3.02. The molecule has 4 aromatic rings. The highest BCUT2D eigenvalue weighted by molar-refractivity contribution is 8.00. The fourth-order valence-electron chi connectivity index (χ4n) is 4.25. The van der Waals surface area contributed by atoms with Crippen molar-refractivity contribution in [3.63, 3.8) is 0 Å². The number of hydrogen-bond donors (Lipinski definition) is 3. The second kappa shape index (κ2) is 15.3. The molecule has 0 aromatic heterocycles. The van der Waals surface area contributed by atoms with Gasteiger partial charge in [0.2, 0.25) is 5.91 Å². The van der Waals surface area contributed by atoms with Crippen molar-refractivity contribution in [1.82, 2.24) is 5.32 Å². The Kier molecular flexibility index (Phi) is 11.2. The molecule has 0 fully saturated rings. The van der Waals surface area contributed by atoms with E-state index in [0.29, 0.717) is 34.1 Å². The first-order valence-corrected chi connectivity index (χ1v) is 15.3. The highest BCUT2D eigenvalue weighted by Crippen LogP contribution is 2.33. The van der Waals surface area contributed by atoms with E-state index in [4.69, 9.17) is 16.3 Å². The standard InChI is InChI=1S/C35H34ClN3O4S/c1-5-32(35(42)38-29-18-23(3)28(36)21-31(29)43-4)44-27-13-9-12-26(20-27)37-34(41)30(19-24-16-14-22(2)15-17-24)39-33(40)25-10-7-6-8-11-25/h6-21,32H,5H2,1-4H3,(H,37,41)(H,38,42)(H,39,40)/b30-19-. The van der Waals surface area contributed by atoms with Gasteiger partial charge in [-0.3, -0.25) is 14.4 Å². The lowest BCUT2D eigenvalue weighted by Gasteiger charge is -2.18. The third-order valence-corrected chi connectivity index (χ3v) is 8.45. The second-order valence-corrected chi connectivity index (χ2v) is 11.8.